The van der Waals surface area contributed by atoms with Gasteiger partial charge in [-0.15, -0.1) is 0 Å². The van der Waals surface area contributed by atoms with Gasteiger partial charge in [0.05, 0.1) is 11.5 Å². The molecule has 5 nitrogen and oxygen atoms in total. The summed E-state index contributed by atoms with van der Waals surface area (Å²) in [5.74, 6) is -0.301. The zero-order valence-corrected chi connectivity index (χ0v) is 21.9. The highest BCUT2D eigenvalue weighted by molar-refractivity contribution is 6.74. The minimum Gasteiger partial charge on any atom is -0.459 e. The van der Waals surface area contributed by atoms with E-state index in [1.54, 1.807) is 0 Å². The van der Waals surface area contributed by atoms with E-state index in [1.807, 2.05) is 62.9 Å². The number of rotatable bonds is 7. The van der Waals surface area contributed by atoms with Crippen LogP contribution in [0.1, 0.15) is 72.9 Å². The molecule has 6 heteroatoms. The monoisotopic (exact) mass is 447 g/mol. The normalized spacial score (nSPS) is 21.3. The molecule has 1 aliphatic heterocycles. The maximum Gasteiger partial charge on any atom is 0.315 e. The molecule has 2 rings (SSSR count). The molecule has 1 heterocycles. The van der Waals surface area contributed by atoms with Gasteiger partial charge in [0, 0.05) is 19.6 Å². The Morgan fingerprint density at radius 3 is 2.23 bits per heavy atom. The first-order chi connectivity index (χ1) is 14.1. The zero-order valence-electron chi connectivity index (χ0n) is 20.9. The molecule has 1 fully saturated rings. The largest absolute Gasteiger partial charge is 0.459 e. The lowest BCUT2D eigenvalue weighted by molar-refractivity contribution is -0.168. The highest BCUT2D eigenvalue weighted by atomic mass is 28.4. The summed E-state index contributed by atoms with van der Waals surface area (Å²) in [5.41, 5.74) is -0.421. The van der Waals surface area contributed by atoms with Crippen molar-refractivity contribution in [2.75, 3.05) is 13.2 Å². The first-order valence-electron chi connectivity index (χ1n) is 11.3. The van der Waals surface area contributed by atoms with E-state index in [2.05, 4.69) is 33.9 Å². The molecule has 0 radical (unpaired) electrons. The fourth-order valence-electron chi connectivity index (χ4n) is 3.64. The Labute approximate surface area is 189 Å². The van der Waals surface area contributed by atoms with Crippen LogP contribution < -0.4 is 0 Å². The predicted molar refractivity (Wildman–Crippen MR) is 127 cm³/mol. The second-order valence-corrected chi connectivity index (χ2v) is 16.2. The van der Waals surface area contributed by atoms with E-state index in [1.165, 1.54) is 0 Å². The topological polar surface area (TPSA) is 55.8 Å². The summed E-state index contributed by atoms with van der Waals surface area (Å²) >= 11 is 0. The van der Waals surface area contributed by atoms with Crippen molar-refractivity contribution in [3.8, 4) is 0 Å². The Morgan fingerprint density at radius 1 is 1.13 bits per heavy atom. The molecule has 2 atom stereocenters. The van der Waals surface area contributed by atoms with Crippen LogP contribution >= 0.6 is 0 Å². The number of amides is 1. The Bertz CT molecular complexity index is 779. The lowest BCUT2D eigenvalue weighted by Gasteiger charge is -2.38. The molecule has 0 unspecified atom stereocenters. The van der Waals surface area contributed by atoms with Gasteiger partial charge in [0.15, 0.2) is 8.32 Å². The Balaban J connectivity index is 2.25. The molecular formula is C25H41NO4Si. The van der Waals surface area contributed by atoms with E-state index in [4.69, 9.17) is 9.16 Å². The van der Waals surface area contributed by atoms with Crippen molar-refractivity contribution in [2.45, 2.75) is 91.1 Å². The summed E-state index contributed by atoms with van der Waals surface area (Å²) in [5, 5.41) is 0.0887. The molecular weight excluding hydrogens is 406 g/mol. The van der Waals surface area contributed by atoms with Crippen LogP contribution in [0.4, 0.5) is 0 Å². The SMILES string of the molecule is C[C@H](c1ccccc1)N1C[C@@](CCO[Si](C)(C)C(C)(C)C)(C(=O)OC(C)(C)C)CC1=O. The van der Waals surface area contributed by atoms with Crippen LogP contribution in [0.25, 0.3) is 0 Å². The predicted octanol–water partition coefficient (Wildman–Crippen LogP) is 5.72. The number of ether oxygens (including phenoxy) is 1. The lowest BCUT2D eigenvalue weighted by Crippen LogP contribution is -2.44. The molecule has 0 aliphatic carbocycles. The van der Waals surface area contributed by atoms with Crippen LogP contribution in [0.3, 0.4) is 0 Å². The second kappa shape index (κ2) is 9.06. The van der Waals surface area contributed by atoms with E-state index in [0.29, 0.717) is 19.6 Å². The van der Waals surface area contributed by atoms with Crippen molar-refractivity contribution >= 4 is 20.2 Å². The van der Waals surface area contributed by atoms with Gasteiger partial charge in [-0.2, -0.15) is 0 Å². The van der Waals surface area contributed by atoms with Gasteiger partial charge in [-0.25, -0.2) is 0 Å². The highest BCUT2D eigenvalue weighted by Gasteiger charge is 2.52. The molecule has 1 aliphatic rings. The third kappa shape index (κ3) is 6.19. The number of likely N-dealkylation sites (tertiary alicyclic amines) is 1. The van der Waals surface area contributed by atoms with Crippen LogP contribution in [0.5, 0.6) is 0 Å². The van der Waals surface area contributed by atoms with E-state index in [0.717, 1.165) is 5.56 Å². The Morgan fingerprint density at radius 2 is 1.71 bits per heavy atom. The van der Waals surface area contributed by atoms with Gasteiger partial charge in [0.25, 0.3) is 0 Å². The van der Waals surface area contributed by atoms with Crippen molar-refractivity contribution in [3.63, 3.8) is 0 Å². The molecule has 0 bridgehead atoms. The molecule has 174 valence electrons. The summed E-state index contributed by atoms with van der Waals surface area (Å²) in [6.07, 6.45) is 0.651. The van der Waals surface area contributed by atoms with Gasteiger partial charge in [-0.1, -0.05) is 51.1 Å². The number of carbonyl (C=O) groups excluding carboxylic acids is 2. The van der Waals surface area contributed by atoms with Crippen molar-refractivity contribution in [1.29, 1.82) is 0 Å². The summed E-state index contributed by atoms with van der Waals surface area (Å²) in [6.45, 7) is 19.4. The van der Waals surface area contributed by atoms with Crippen LogP contribution in [-0.2, 0) is 18.8 Å². The molecule has 1 aromatic carbocycles. The summed E-state index contributed by atoms with van der Waals surface area (Å²) in [4.78, 5) is 28.2. The average Bonchev–Trinajstić information content (AvgIpc) is 2.97. The third-order valence-corrected chi connectivity index (χ3v) is 11.3. The van der Waals surface area contributed by atoms with Crippen molar-refractivity contribution < 1.29 is 18.8 Å². The number of hydrogen-bond acceptors (Lipinski definition) is 4. The zero-order chi connectivity index (χ0) is 23.7. The summed E-state index contributed by atoms with van der Waals surface area (Å²) in [6, 6.07) is 9.85. The quantitative estimate of drug-likeness (QED) is 0.396. The van der Waals surface area contributed by atoms with Crippen LogP contribution in [0, 0.1) is 5.41 Å². The molecule has 0 aromatic heterocycles. The van der Waals surface area contributed by atoms with Gasteiger partial charge in [0.2, 0.25) is 5.91 Å². The molecule has 31 heavy (non-hydrogen) atoms. The highest BCUT2D eigenvalue weighted by Crippen LogP contribution is 2.42. The Hall–Kier alpha value is -1.66. The van der Waals surface area contributed by atoms with Crippen molar-refractivity contribution in [1.82, 2.24) is 4.90 Å². The van der Waals surface area contributed by atoms with Gasteiger partial charge in [-0.3, -0.25) is 9.59 Å². The summed E-state index contributed by atoms with van der Waals surface area (Å²) < 4.78 is 12.2. The first-order valence-corrected chi connectivity index (χ1v) is 14.2. The fourth-order valence-corrected chi connectivity index (χ4v) is 4.68. The van der Waals surface area contributed by atoms with Crippen LogP contribution in [-0.4, -0.2) is 43.8 Å². The van der Waals surface area contributed by atoms with E-state index in [9.17, 15) is 9.59 Å². The van der Waals surface area contributed by atoms with Gasteiger partial charge in [0.1, 0.15) is 5.60 Å². The molecule has 1 amide bonds. The van der Waals surface area contributed by atoms with Gasteiger partial charge < -0.3 is 14.1 Å². The number of hydrogen-bond donors (Lipinski definition) is 0. The van der Waals surface area contributed by atoms with E-state index in [-0.39, 0.29) is 29.4 Å². The first kappa shape index (κ1) is 25.6. The summed E-state index contributed by atoms with van der Waals surface area (Å²) in [7, 11) is -1.95. The fraction of sp³-hybridized carbons (Fsp3) is 0.680. The smallest absolute Gasteiger partial charge is 0.315 e. The lowest BCUT2D eigenvalue weighted by atomic mass is 9.83. The molecule has 1 saturated heterocycles. The maximum absolute atomic E-state index is 13.3. The number of nitrogens with zero attached hydrogens (tertiary/aromatic N) is 1. The standard InChI is InChI=1S/C25H41NO4Si/c1-19(20-13-11-10-12-14-20)26-18-25(17-21(26)27,22(28)30-23(2,3)4)15-16-29-31(8,9)24(5,6)7/h10-14,19H,15-18H2,1-9H3/t19-,25+/m1/s1. The number of carbonyl (C=O) groups is 2. The molecule has 0 spiro atoms. The van der Waals surface area contributed by atoms with Crippen molar-refractivity contribution in [2.24, 2.45) is 5.41 Å². The minimum atomic E-state index is -1.95. The van der Waals surface area contributed by atoms with Crippen LogP contribution in [0.2, 0.25) is 18.1 Å². The van der Waals surface area contributed by atoms with Crippen molar-refractivity contribution in [3.05, 3.63) is 35.9 Å². The third-order valence-electron chi connectivity index (χ3n) is 6.71. The molecule has 0 N–H and O–H groups in total. The minimum absolute atomic E-state index is 0.00506. The molecule has 1 aromatic rings. The molecule has 0 saturated carbocycles. The van der Waals surface area contributed by atoms with Gasteiger partial charge in [-0.05, 0) is 57.8 Å². The average molecular weight is 448 g/mol. The number of benzene rings is 1. The Kier molecular flexibility index (Phi) is 7.48. The van der Waals surface area contributed by atoms with Gasteiger partial charge >= 0.3 is 5.97 Å². The second-order valence-electron chi connectivity index (χ2n) is 11.4. The van der Waals surface area contributed by atoms with E-state index < -0.39 is 19.3 Å². The van der Waals surface area contributed by atoms with E-state index >= 15 is 0 Å². The maximum atomic E-state index is 13.3. The number of esters is 1. The van der Waals surface area contributed by atoms with Crippen LogP contribution in [0.15, 0.2) is 30.3 Å².